The van der Waals surface area contributed by atoms with Gasteiger partial charge in [-0.1, -0.05) is 39.8 Å². The third kappa shape index (κ3) is 4.88. The van der Waals surface area contributed by atoms with Crippen molar-refractivity contribution in [1.82, 2.24) is 0 Å². The summed E-state index contributed by atoms with van der Waals surface area (Å²) in [6, 6.07) is 7.64. The summed E-state index contributed by atoms with van der Waals surface area (Å²) in [4.78, 5) is 24.5. The average molecular weight is 291 g/mol. The fourth-order valence-corrected chi connectivity index (χ4v) is 2.16. The molecule has 1 N–H and O–H groups in total. The van der Waals surface area contributed by atoms with E-state index in [1.165, 1.54) is 0 Å². The second-order valence-electron chi connectivity index (χ2n) is 6.09. The molecular formula is C17H25NO3. The van der Waals surface area contributed by atoms with Gasteiger partial charge in [0.15, 0.2) is 0 Å². The zero-order valence-corrected chi connectivity index (χ0v) is 13.5. The molecule has 0 radical (unpaired) electrons. The molecule has 1 unspecified atom stereocenters. The molecule has 21 heavy (non-hydrogen) atoms. The van der Waals surface area contributed by atoms with Gasteiger partial charge in [-0.2, -0.15) is 0 Å². The van der Waals surface area contributed by atoms with Gasteiger partial charge in [0.05, 0.1) is 6.61 Å². The third-order valence-corrected chi connectivity index (χ3v) is 3.25. The number of hydrogen-bond donors (Lipinski definition) is 1. The number of hydrogen-bond acceptors (Lipinski definition) is 3. The summed E-state index contributed by atoms with van der Waals surface area (Å²) < 4.78 is 5.03. The van der Waals surface area contributed by atoms with Crippen LogP contribution in [0.1, 0.15) is 40.2 Å². The number of nitrogens with one attached hydrogen (secondary N) is 1. The highest BCUT2D eigenvalue weighted by atomic mass is 16.5. The standard InChI is InChI=1S/C17H25NO3/c1-6-12-9-8-10-13(11-12)18-15(19)14(17(3,4)5)16(20)21-7-2/h8-11,14H,6-7H2,1-5H3,(H,18,19). The van der Waals surface area contributed by atoms with Crippen molar-refractivity contribution in [2.75, 3.05) is 11.9 Å². The summed E-state index contributed by atoms with van der Waals surface area (Å²) in [5.74, 6) is -1.63. The normalized spacial score (nSPS) is 12.6. The fraction of sp³-hybridized carbons (Fsp3) is 0.529. The van der Waals surface area contributed by atoms with Gasteiger partial charge in [-0.25, -0.2) is 0 Å². The van der Waals surface area contributed by atoms with Crippen molar-refractivity contribution in [1.29, 1.82) is 0 Å². The van der Waals surface area contributed by atoms with Crippen molar-refractivity contribution in [3.05, 3.63) is 29.8 Å². The number of amides is 1. The summed E-state index contributed by atoms with van der Waals surface area (Å²) in [7, 11) is 0. The molecule has 4 nitrogen and oxygen atoms in total. The monoisotopic (exact) mass is 291 g/mol. The number of anilines is 1. The van der Waals surface area contributed by atoms with E-state index in [4.69, 9.17) is 4.74 Å². The van der Waals surface area contributed by atoms with Crippen LogP contribution in [-0.2, 0) is 20.7 Å². The highest BCUT2D eigenvalue weighted by molar-refractivity contribution is 6.05. The number of carbonyl (C=O) groups excluding carboxylic acids is 2. The van der Waals surface area contributed by atoms with E-state index in [9.17, 15) is 9.59 Å². The van der Waals surface area contributed by atoms with Crippen LogP contribution in [0.5, 0.6) is 0 Å². The van der Waals surface area contributed by atoms with E-state index in [1.54, 1.807) is 6.92 Å². The van der Waals surface area contributed by atoms with Gasteiger partial charge in [-0.15, -0.1) is 0 Å². The third-order valence-electron chi connectivity index (χ3n) is 3.25. The Morgan fingerprint density at radius 1 is 1.24 bits per heavy atom. The quantitative estimate of drug-likeness (QED) is 0.668. The second kappa shape index (κ2) is 7.25. The molecule has 0 spiro atoms. The van der Waals surface area contributed by atoms with Crippen LogP contribution in [0.2, 0.25) is 0 Å². The van der Waals surface area contributed by atoms with E-state index >= 15 is 0 Å². The lowest BCUT2D eigenvalue weighted by atomic mass is 9.80. The number of esters is 1. The van der Waals surface area contributed by atoms with Crippen LogP contribution in [0.4, 0.5) is 5.69 Å². The molecule has 1 atom stereocenters. The van der Waals surface area contributed by atoms with Gasteiger partial charge < -0.3 is 10.1 Å². The van der Waals surface area contributed by atoms with Crippen molar-refractivity contribution < 1.29 is 14.3 Å². The van der Waals surface area contributed by atoms with E-state index in [-0.39, 0.29) is 12.5 Å². The molecule has 0 aliphatic carbocycles. The van der Waals surface area contributed by atoms with Crippen LogP contribution in [0.3, 0.4) is 0 Å². The van der Waals surface area contributed by atoms with Gasteiger partial charge >= 0.3 is 5.97 Å². The van der Waals surface area contributed by atoms with Gasteiger partial charge in [-0.3, -0.25) is 9.59 Å². The van der Waals surface area contributed by atoms with Gasteiger partial charge in [0.1, 0.15) is 5.92 Å². The Bertz CT molecular complexity index is 503. The first-order valence-electron chi connectivity index (χ1n) is 7.36. The molecular weight excluding hydrogens is 266 g/mol. The molecule has 1 aromatic carbocycles. The van der Waals surface area contributed by atoms with E-state index in [0.717, 1.165) is 12.0 Å². The molecule has 0 heterocycles. The summed E-state index contributed by atoms with van der Waals surface area (Å²) in [6.45, 7) is 9.63. The van der Waals surface area contributed by atoms with Gasteiger partial charge in [0.2, 0.25) is 5.91 Å². The number of rotatable bonds is 5. The Hall–Kier alpha value is -1.84. The smallest absolute Gasteiger partial charge is 0.319 e. The van der Waals surface area contributed by atoms with E-state index in [0.29, 0.717) is 5.69 Å². The Morgan fingerprint density at radius 3 is 2.43 bits per heavy atom. The topological polar surface area (TPSA) is 55.4 Å². The van der Waals surface area contributed by atoms with Gasteiger partial charge in [0, 0.05) is 5.69 Å². The summed E-state index contributed by atoms with van der Waals surface area (Å²) in [6.07, 6.45) is 0.893. The molecule has 1 rings (SSSR count). The van der Waals surface area contributed by atoms with Crippen LogP contribution in [0.25, 0.3) is 0 Å². The summed E-state index contributed by atoms with van der Waals surface area (Å²) >= 11 is 0. The van der Waals surface area contributed by atoms with E-state index < -0.39 is 17.3 Å². The largest absolute Gasteiger partial charge is 0.465 e. The summed E-state index contributed by atoms with van der Waals surface area (Å²) in [5.41, 5.74) is 1.34. The minimum absolute atomic E-state index is 0.268. The lowest BCUT2D eigenvalue weighted by Gasteiger charge is -2.27. The van der Waals surface area contributed by atoms with Crippen molar-refractivity contribution in [2.45, 2.75) is 41.0 Å². The maximum absolute atomic E-state index is 12.5. The Balaban J connectivity index is 2.93. The lowest BCUT2D eigenvalue weighted by Crippen LogP contribution is -2.40. The molecule has 116 valence electrons. The molecule has 0 aromatic heterocycles. The van der Waals surface area contributed by atoms with E-state index in [1.807, 2.05) is 45.0 Å². The lowest BCUT2D eigenvalue weighted by molar-refractivity contribution is -0.155. The number of aryl methyl sites for hydroxylation is 1. The average Bonchev–Trinajstić information content (AvgIpc) is 2.37. The van der Waals surface area contributed by atoms with Crippen molar-refractivity contribution in [3.63, 3.8) is 0 Å². The van der Waals surface area contributed by atoms with Crippen molar-refractivity contribution in [3.8, 4) is 0 Å². The zero-order valence-electron chi connectivity index (χ0n) is 13.5. The summed E-state index contributed by atoms with van der Waals surface area (Å²) in [5, 5.41) is 2.82. The highest BCUT2D eigenvalue weighted by Crippen LogP contribution is 2.28. The maximum Gasteiger partial charge on any atom is 0.319 e. The first kappa shape index (κ1) is 17.2. The van der Waals surface area contributed by atoms with Gasteiger partial charge in [-0.05, 0) is 36.5 Å². The van der Waals surface area contributed by atoms with Crippen molar-refractivity contribution >= 4 is 17.6 Å². The maximum atomic E-state index is 12.5. The molecule has 1 amide bonds. The van der Waals surface area contributed by atoms with Crippen molar-refractivity contribution in [2.24, 2.45) is 11.3 Å². The van der Waals surface area contributed by atoms with Crippen LogP contribution in [0.15, 0.2) is 24.3 Å². The predicted molar refractivity (Wildman–Crippen MR) is 84.0 cm³/mol. The molecule has 1 aromatic rings. The van der Waals surface area contributed by atoms with Gasteiger partial charge in [0.25, 0.3) is 0 Å². The molecule has 0 bridgehead atoms. The molecule has 0 saturated carbocycles. The first-order valence-corrected chi connectivity index (χ1v) is 7.36. The Morgan fingerprint density at radius 2 is 1.90 bits per heavy atom. The molecule has 0 saturated heterocycles. The molecule has 0 fully saturated rings. The molecule has 0 aliphatic heterocycles. The number of ether oxygens (including phenoxy) is 1. The second-order valence-corrected chi connectivity index (χ2v) is 6.09. The van der Waals surface area contributed by atoms with Crippen LogP contribution in [0, 0.1) is 11.3 Å². The fourth-order valence-electron chi connectivity index (χ4n) is 2.16. The zero-order chi connectivity index (χ0) is 16.0. The van der Waals surface area contributed by atoms with Crippen LogP contribution < -0.4 is 5.32 Å². The Labute approximate surface area is 126 Å². The Kier molecular flexibility index (Phi) is 5.94. The number of benzene rings is 1. The minimum Gasteiger partial charge on any atom is -0.465 e. The first-order chi connectivity index (χ1) is 9.79. The van der Waals surface area contributed by atoms with E-state index in [2.05, 4.69) is 12.2 Å². The minimum atomic E-state index is -0.831. The highest BCUT2D eigenvalue weighted by Gasteiger charge is 2.38. The predicted octanol–water partition coefficient (Wildman–Crippen LogP) is 3.41. The number of carbonyl (C=O) groups is 2. The van der Waals surface area contributed by atoms with Crippen LogP contribution in [-0.4, -0.2) is 18.5 Å². The molecule has 4 heteroatoms. The van der Waals surface area contributed by atoms with Crippen LogP contribution >= 0.6 is 0 Å². The molecule has 0 aliphatic rings. The SMILES string of the molecule is CCOC(=O)C(C(=O)Nc1cccc(CC)c1)C(C)(C)C.